The maximum atomic E-state index is 14.0. The van der Waals surface area contributed by atoms with Gasteiger partial charge < -0.3 is 5.73 Å². The summed E-state index contributed by atoms with van der Waals surface area (Å²) >= 11 is 1.42. The van der Waals surface area contributed by atoms with Crippen LogP contribution in [0.3, 0.4) is 0 Å². The van der Waals surface area contributed by atoms with E-state index in [0.717, 1.165) is 12.1 Å². The van der Waals surface area contributed by atoms with E-state index >= 15 is 0 Å². The predicted octanol–water partition coefficient (Wildman–Crippen LogP) is 3.49. The van der Waals surface area contributed by atoms with Gasteiger partial charge in [0, 0.05) is 23.5 Å². The predicted molar refractivity (Wildman–Crippen MR) is 80.0 cm³/mol. The highest BCUT2D eigenvalue weighted by molar-refractivity contribution is 7.99. The van der Waals surface area contributed by atoms with Crippen molar-refractivity contribution < 1.29 is 4.39 Å². The fourth-order valence-electron chi connectivity index (χ4n) is 1.90. The zero-order valence-corrected chi connectivity index (χ0v) is 12.4. The summed E-state index contributed by atoms with van der Waals surface area (Å²) in [4.78, 5) is 8.58. The molecule has 0 spiro atoms. The van der Waals surface area contributed by atoms with Crippen molar-refractivity contribution in [3.63, 3.8) is 0 Å². The Morgan fingerprint density at radius 2 is 2.05 bits per heavy atom. The Morgan fingerprint density at radius 1 is 1.30 bits per heavy atom. The number of aryl methyl sites for hydroxylation is 1. The molecule has 0 amide bonds. The van der Waals surface area contributed by atoms with E-state index in [1.54, 1.807) is 18.3 Å². The summed E-state index contributed by atoms with van der Waals surface area (Å²) in [6.07, 6.45) is 2.47. The van der Waals surface area contributed by atoms with Crippen molar-refractivity contribution in [3.05, 3.63) is 53.6 Å². The Hall–Kier alpha value is -1.46. The molecular weight excluding hydrogens is 273 g/mol. The lowest BCUT2D eigenvalue weighted by atomic mass is 10.0. The number of benzene rings is 1. The standard InChI is InChI=1S/C15H18FN3S/c1-3-13(17)14(11-6-4-5-7-12(11)16)20-15-18-9-8-10(2)19-15/h4-9,13-14H,3,17H2,1-2H3. The number of thioether (sulfide) groups is 1. The highest BCUT2D eigenvalue weighted by atomic mass is 32.2. The number of hydrogen-bond acceptors (Lipinski definition) is 4. The van der Waals surface area contributed by atoms with Crippen LogP contribution in [0.4, 0.5) is 4.39 Å². The SMILES string of the molecule is CCC(N)C(Sc1nccc(C)n1)c1ccccc1F. The molecule has 20 heavy (non-hydrogen) atoms. The van der Waals surface area contributed by atoms with E-state index in [9.17, 15) is 4.39 Å². The van der Waals surface area contributed by atoms with Gasteiger partial charge in [-0.3, -0.25) is 0 Å². The van der Waals surface area contributed by atoms with Gasteiger partial charge in [0.05, 0.1) is 5.25 Å². The van der Waals surface area contributed by atoms with Crippen LogP contribution in [-0.2, 0) is 0 Å². The molecule has 5 heteroatoms. The average Bonchev–Trinajstić information content (AvgIpc) is 2.45. The van der Waals surface area contributed by atoms with Crippen molar-refractivity contribution in [2.45, 2.75) is 36.7 Å². The van der Waals surface area contributed by atoms with Crippen LogP contribution in [0.2, 0.25) is 0 Å². The van der Waals surface area contributed by atoms with E-state index in [-0.39, 0.29) is 17.1 Å². The fourth-order valence-corrected chi connectivity index (χ4v) is 3.13. The van der Waals surface area contributed by atoms with Crippen molar-refractivity contribution in [2.75, 3.05) is 0 Å². The van der Waals surface area contributed by atoms with Crippen molar-refractivity contribution in [3.8, 4) is 0 Å². The molecule has 0 bridgehead atoms. The van der Waals surface area contributed by atoms with E-state index in [0.29, 0.717) is 10.7 Å². The molecule has 0 radical (unpaired) electrons. The molecule has 2 atom stereocenters. The van der Waals surface area contributed by atoms with E-state index in [1.165, 1.54) is 17.8 Å². The minimum atomic E-state index is -0.235. The maximum Gasteiger partial charge on any atom is 0.188 e. The van der Waals surface area contributed by atoms with Gasteiger partial charge >= 0.3 is 0 Å². The Balaban J connectivity index is 2.32. The van der Waals surface area contributed by atoms with E-state index in [4.69, 9.17) is 5.73 Å². The van der Waals surface area contributed by atoms with Gasteiger partial charge in [-0.1, -0.05) is 36.9 Å². The molecule has 2 N–H and O–H groups in total. The number of nitrogens with two attached hydrogens (primary N) is 1. The van der Waals surface area contributed by atoms with Crippen LogP contribution in [0.5, 0.6) is 0 Å². The summed E-state index contributed by atoms with van der Waals surface area (Å²) in [6, 6.07) is 8.43. The second kappa shape index (κ2) is 6.81. The number of nitrogens with zero attached hydrogens (tertiary/aromatic N) is 2. The van der Waals surface area contributed by atoms with Gasteiger partial charge in [-0.2, -0.15) is 0 Å². The van der Waals surface area contributed by atoms with Gasteiger partial charge in [-0.15, -0.1) is 0 Å². The molecule has 1 aromatic heterocycles. The average molecular weight is 291 g/mol. The summed E-state index contributed by atoms with van der Waals surface area (Å²) in [7, 11) is 0. The van der Waals surface area contributed by atoms with Crippen molar-refractivity contribution in [2.24, 2.45) is 5.73 Å². The largest absolute Gasteiger partial charge is 0.326 e. The molecule has 2 unspecified atom stereocenters. The normalized spacial score (nSPS) is 14.0. The van der Waals surface area contributed by atoms with Crippen molar-refractivity contribution in [1.29, 1.82) is 0 Å². The first-order valence-corrected chi connectivity index (χ1v) is 7.46. The van der Waals surface area contributed by atoms with Crippen LogP contribution >= 0.6 is 11.8 Å². The van der Waals surface area contributed by atoms with Crippen LogP contribution < -0.4 is 5.73 Å². The maximum absolute atomic E-state index is 14.0. The molecule has 2 aromatic rings. The number of hydrogen-bond donors (Lipinski definition) is 1. The molecule has 0 aliphatic heterocycles. The first kappa shape index (κ1) is 14.9. The van der Waals surface area contributed by atoms with Crippen LogP contribution in [0, 0.1) is 12.7 Å². The zero-order valence-electron chi connectivity index (χ0n) is 11.6. The minimum Gasteiger partial charge on any atom is -0.326 e. The van der Waals surface area contributed by atoms with Gasteiger partial charge in [-0.25, -0.2) is 14.4 Å². The van der Waals surface area contributed by atoms with Gasteiger partial charge in [0.25, 0.3) is 0 Å². The molecule has 0 fully saturated rings. The second-order valence-corrected chi connectivity index (χ2v) is 5.72. The summed E-state index contributed by atoms with van der Waals surface area (Å²) < 4.78 is 14.0. The van der Waals surface area contributed by atoms with Crippen LogP contribution in [0.1, 0.15) is 29.9 Å². The Labute approximate surface area is 122 Å². The molecule has 1 heterocycles. The zero-order chi connectivity index (χ0) is 14.5. The minimum absolute atomic E-state index is 0.152. The Morgan fingerprint density at radius 3 is 2.70 bits per heavy atom. The summed E-state index contributed by atoms with van der Waals surface area (Å²) in [5, 5.41) is 0.435. The molecule has 0 aliphatic rings. The fraction of sp³-hybridized carbons (Fsp3) is 0.333. The summed E-state index contributed by atoms with van der Waals surface area (Å²) in [5.74, 6) is -0.235. The monoisotopic (exact) mass is 291 g/mol. The molecule has 2 rings (SSSR count). The van der Waals surface area contributed by atoms with Gasteiger partial charge in [0.1, 0.15) is 5.82 Å². The third kappa shape index (κ3) is 3.55. The van der Waals surface area contributed by atoms with Gasteiger partial charge in [-0.05, 0) is 25.5 Å². The number of halogens is 1. The molecule has 106 valence electrons. The molecule has 3 nitrogen and oxygen atoms in total. The third-order valence-electron chi connectivity index (χ3n) is 3.08. The number of aromatic nitrogens is 2. The first-order valence-electron chi connectivity index (χ1n) is 6.58. The lowest BCUT2D eigenvalue weighted by Gasteiger charge is -2.22. The van der Waals surface area contributed by atoms with E-state index in [2.05, 4.69) is 9.97 Å². The van der Waals surface area contributed by atoms with Gasteiger partial charge in [0.2, 0.25) is 0 Å². The summed E-state index contributed by atoms with van der Waals surface area (Å²) in [5.41, 5.74) is 7.66. The Bertz CT molecular complexity index is 577. The topological polar surface area (TPSA) is 51.8 Å². The van der Waals surface area contributed by atoms with Gasteiger partial charge in [0.15, 0.2) is 5.16 Å². The lowest BCUT2D eigenvalue weighted by molar-refractivity contribution is 0.572. The molecule has 0 saturated carbocycles. The van der Waals surface area contributed by atoms with Crippen molar-refractivity contribution >= 4 is 11.8 Å². The highest BCUT2D eigenvalue weighted by Crippen LogP contribution is 2.37. The first-order chi connectivity index (χ1) is 9.61. The van der Waals surface area contributed by atoms with Crippen molar-refractivity contribution in [1.82, 2.24) is 9.97 Å². The third-order valence-corrected chi connectivity index (χ3v) is 4.34. The Kier molecular flexibility index (Phi) is 5.09. The van der Waals surface area contributed by atoms with E-state index in [1.807, 2.05) is 26.0 Å². The number of rotatable bonds is 5. The van der Waals surface area contributed by atoms with Crippen LogP contribution in [0.15, 0.2) is 41.7 Å². The second-order valence-electron chi connectivity index (χ2n) is 4.61. The molecule has 0 saturated heterocycles. The lowest BCUT2D eigenvalue weighted by Crippen LogP contribution is -2.26. The molecular formula is C15H18FN3S. The summed E-state index contributed by atoms with van der Waals surface area (Å²) in [6.45, 7) is 3.90. The molecule has 0 aliphatic carbocycles. The van der Waals surface area contributed by atoms with Crippen LogP contribution in [-0.4, -0.2) is 16.0 Å². The highest BCUT2D eigenvalue weighted by Gasteiger charge is 2.23. The van der Waals surface area contributed by atoms with E-state index < -0.39 is 0 Å². The quantitative estimate of drug-likeness (QED) is 0.676. The van der Waals surface area contributed by atoms with Crippen LogP contribution in [0.25, 0.3) is 0 Å². The smallest absolute Gasteiger partial charge is 0.188 e. The molecule has 1 aromatic carbocycles.